The van der Waals surface area contributed by atoms with Crippen LogP contribution < -0.4 is 15.1 Å². The van der Waals surface area contributed by atoms with Gasteiger partial charge in [0.15, 0.2) is 0 Å². The fourth-order valence-corrected chi connectivity index (χ4v) is 4.66. The van der Waals surface area contributed by atoms with Gasteiger partial charge in [0.1, 0.15) is 30.3 Å². The van der Waals surface area contributed by atoms with Crippen LogP contribution in [0.5, 0.6) is 5.75 Å². The second kappa shape index (κ2) is 8.89. The highest BCUT2D eigenvalue weighted by Gasteiger charge is 2.52. The van der Waals surface area contributed by atoms with Gasteiger partial charge in [0.25, 0.3) is 5.91 Å². The maximum absolute atomic E-state index is 15.3. The normalized spacial score (nSPS) is 20.6. The molecule has 5 rings (SSSR count). The molecule has 0 bridgehead atoms. The van der Waals surface area contributed by atoms with Crippen LogP contribution in [0.3, 0.4) is 0 Å². The number of hydrogen-bond acceptors (Lipinski definition) is 6. The van der Waals surface area contributed by atoms with Gasteiger partial charge in [-0.2, -0.15) is 0 Å². The summed E-state index contributed by atoms with van der Waals surface area (Å²) in [6.07, 6.45) is 2.03. The summed E-state index contributed by atoms with van der Waals surface area (Å²) in [5, 5.41) is 0. The minimum Gasteiger partial charge on any atom is -0.491 e. The topological polar surface area (TPSA) is 74.3 Å². The van der Waals surface area contributed by atoms with Crippen LogP contribution in [0, 0.1) is 5.82 Å². The van der Waals surface area contributed by atoms with Gasteiger partial charge < -0.3 is 23.7 Å². The molecule has 0 aromatic heterocycles. The van der Waals surface area contributed by atoms with Crippen LogP contribution in [0.15, 0.2) is 30.3 Å². The van der Waals surface area contributed by atoms with Crippen LogP contribution in [-0.2, 0) is 25.4 Å². The van der Waals surface area contributed by atoms with E-state index in [1.165, 1.54) is 17.9 Å². The zero-order valence-electron chi connectivity index (χ0n) is 21.4. The molecule has 1 saturated heterocycles. The Kier molecular flexibility index (Phi) is 6.12. The predicted octanol–water partition coefficient (Wildman–Crippen LogP) is 4.10. The van der Waals surface area contributed by atoms with Crippen molar-refractivity contribution in [3.8, 4) is 5.75 Å². The standard InChI is InChI=1S/C27H31BFNO6/c1-16(31)34-15-19-20(28-35-26(2,3)27(4,5)36-28)7-6-8-22(19)30-11-12-33-23-14-18(17-9-10-17)13-21(29)24(23)25(30)32/h6-8,13-14,17H,9-12,15H2,1-5H3. The summed E-state index contributed by atoms with van der Waals surface area (Å²) < 4.78 is 39.0. The Balaban J connectivity index is 1.56. The highest BCUT2D eigenvalue weighted by molar-refractivity contribution is 6.62. The van der Waals surface area contributed by atoms with E-state index in [0.717, 1.165) is 18.4 Å². The molecule has 0 unspecified atom stereocenters. The van der Waals surface area contributed by atoms with E-state index in [4.69, 9.17) is 18.8 Å². The predicted molar refractivity (Wildman–Crippen MR) is 133 cm³/mol. The smallest absolute Gasteiger partial charge is 0.491 e. The third kappa shape index (κ3) is 4.39. The molecule has 7 nitrogen and oxygen atoms in total. The van der Waals surface area contributed by atoms with Gasteiger partial charge in [-0.05, 0) is 75.7 Å². The van der Waals surface area contributed by atoms with Crippen LogP contribution in [0.1, 0.15) is 74.9 Å². The molecular weight excluding hydrogens is 464 g/mol. The average Bonchev–Trinajstić information content (AvgIpc) is 3.62. The number of esters is 1. The third-order valence-corrected chi connectivity index (χ3v) is 7.56. The Morgan fingerprint density at radius 2 is 1.86 bits per heavy atom. The molecular formula is C27H31BFNO6. The average molecular weight is 495 g/mol. The van der Waals surface area contributed by atoms with Gasteiger partial charge in [-0.1, -0.05) is 12.1 Å². The number of ether oxygens (including phenoxy) is 2. The number of hydrogen-bond donors (Lipinski definition) is 0. The molecule has 1 amide bonds. The highest BCUT2D eigenvalue weighted by Crippen LogP contribution is 2.43. The second-order valence-corrected chi connectivity index (χ2v) is 10.7. The number of fused-ring (bicyclic) bond motifs is 1. The van der Waals surface area contributed by atoms with E-state index >= 15 is 4.39 Å². The largest absolute Gasteiger partial charge is 0.495 e. The number of carbonyl (C=O) groups is 2. The first-order chi connectivity index (χ1) is 17.0. The van der Waals surface area contributed by atoms with E-state index < -0.39 is 36.0 Å². The molecule has 2 aromatic rings. The van der Waals surface area contributed by atoms with E-state index in [1.807, 2.05) is 33.8 Å². The Bertz CT molecular complexity index is 1210. The van der Waals surface area contributed by atoms with Crippen molar-refractivity contribution in [3.05, 3.63) is 52.8 Å². The summed E-state index contributed by atoms with van der Waals surface area (Å²) in [4.78, 5) is 26.9. The lowest BCUT2D eigenvalue weighted by atomic mass is 9.75. The van der Waals surface area contributed by atoms with Crippen molar-refractivity contribution in [2.75, 3.05) is 18.1 Å². The van der Waals surface area contributed by atoms with Crippen molar-refractivity contribution in [1.82, 2.24) is 0 Å². The van der Waals surface area contributed by atoms with Crippen LogP contribution in [0.2, 0.25) is 0 Å². The molecule has 2 fully saturated rings. The molecule has 0 spiro atoms. The number of rotatable bonds is 5. The van der Waals surface area contributed by atoms with E-state index in [-0.39, 0.29) is 31.1 Å². The number of carbonyl (C=O) groups excluding carboxylic acids is 2. The summed E-state index contributed by atoms with van der Waals surface area (Å²) in [6.45, 7) is 9.44. The van der Waals surface area contributed by atoms with Crippen LogP contribution >= 0.6 is 0 Å². The van der Waals surface area contributed by atoms with E-state index in [9.17, 15) is 9.59 Å². The van der Waals surface area contributed by atoms with Crippen LogP contribution in [0.25, 0.3) is 0 Å². The van der Waals surface area contributed by atoms with Crippen LogP contribution in [-0.4, -0.2) is 43.3 Å². The Hall–Kier alpha value is -2.91. The van der Waals surface area contributed by atoms with Gasteiger partial charge in [-0.3, -0.25) is 9.59 Å². The quantitative estimate of drug-likeness (QED) is 0.460. The van der Waals surface area contributed by atoms with Gasteiger partial charge in [-0.15, -0.1) is 0 Å². The van der Waals surface area contributed by atoms with Gasteiger partial charge in [0.2, 0.25) is 0 Å². The lowest BCUT2D eigenvalue weighted by molar-refractivity contribution is -0.142. The zero-order chi connectivity index (χ0) is 25.8. The van der Waals surface area contributed by atoms with Gasteiger partial charge >= 0.3 is 13.1 Å². The molecule has 0 radical (unpaired) electrons. The van der Waals surface area contributed by atoms with Gasteiger partial charge in [0, 0.05) is 12.5 Å². The fraction of sp³-hybridized carbons (Fsp3) is 0.481. The lowest BCUT2D eigenvalue weighted by Gasteiger charge is -2.32. The maximum atomic E-state index is 15.3. The molecule has 36 heavy (non-hydrogen) atoms. The monoisotopic (exact) mass is 495 g/mol. The summed E-state index contributed by atoms with van der Waals surface area (Å²) in [5.41, 5.74) is 1.32. The van der Waals surface area contributed by atoms with E-state index in [2.05, 4.69) is 0 Å². The van der Waals surface area contributed by atoms with Crippen molar-refractivity contribution in [3.63, 3.8) is 0 Å². The molecule has 3 aliphatic rings. The lowest BCUT2D eigenvalue weighted by Crippen LogP contribution is -2.41. The number of halogens is 1. The number of anilines is 1. The maximum Gasteiger partial charge on any atom is 0.495 e. The minimum atomic E-state index is -0.732. The second-order valence-electron chi connectivity index (χ2n) is 10.7. The number of benzene rings is 2. The summed E-state index contributed by atoms with van der Waals surface area (Å²) in [5.74, 6) is -0.950. The Morgan fingerprint density at radius 1 is 1.17 bits per heavy atom. The first-order valence-electron chi connectivity index (χ1n) is 12.4. The van der Waals surface area contributed by atoms with Crippen molar-refractivity contribution >= 4 is 30.1 Å². The molecule has 2 aromatic carbocycles. The first-order valence-corrected chi connectivity index (χ1v) is 12.4. The Labute approximate surface area is 211 Å². The summed E-state index contributed by atoms with van der Waals surface area (Å²) in [6, 6.07) is 8.62. The fourth-order valence-electron chi connectivity index (χ4n) is 4.66. The molecule has 0 N–H and O–H groups in total. The Morgan fingerprint density at radius 3 is 2.50 bits per heavy atom. The third-order valence-electron chi connectivity index (χ3n) is 7.56. The highest BCUT2D eigenvalue weighted by atomic mass is 19.1. The zero-order valence-corrected chi connectivity index (χ0v) is 21.4. The van der Waals surface area contributed by atoms with Crippen molar-refractivity contribution < 1.29 is 32.8 Å². The minimum absolute atomic E-state index is 0.0867. The van der Waals surface area contributed by atoms with Crippen molar-refractivity contribution in [2.24, 2.45) is 0 Å². The SMILES string of the molecule is CC(=O)OCc1c(B2OC(C)(C)C(C)(C)O2)cccc1N1CCOc2cc(C3CC3)cc(F)c2C1=O. The summed E-state index contributed by atoms with van der Waals surface area (Å²) in [7, 11) is -0.732. The van der Waals surface area contributed by atoms with Crippen molar-refractivity contribution in [1.29, 1.82) is 0 Å². The van der Waals surface area contributed by atoms with Crippen LogP contribution in [0.4, 0.5) is 10.1 Å². The molecule has 9 heteroatoms. The molecule has 1 aliphatic carbocycles. The van der Waals surface area contributed by atoms with Gasteiger partial charge in [0.05, 0.1) is 23.4 Å². The summed E-state index contributed by atoms with van der Waals surface area (Å²) >= 11 is 0. The molecule has 0 atom stereocenters. The van der Waals surface area contributed by atoms with Crippen molar-refractivity contribution in [2.45, 2.75) is 71.2 Å². The molecule has 2 aliphatic heterocycles. The van der Waals surface area contributed by atoms with E-state index in [1.54, 1.807) is 18.2 Å². The molecule has 1 saturated carbocycles. The first kappa shape index (κ1) is 24.8. The van der Waals surface area contributed by atoms with E-state index in [0.29, 0.717) is 22.6 Å². The van der Waals surface area contributed by atoms with Gasteiger partial charge in [-0.25, -0.2) is 4.39 Å². The molecule has 2 heterocycles. The number of nitrogens with zero attached hydrogens (tertiary/aromatic N) is 1. The number of amides is 1. The molecule has 190 valence electrons.